The van der Waals surface area contributed by atoms with E-state index < -0.39 is 11.4 Å². The van der Waals surface area contributed by atoms with Crippen LogP contribution in [-0.2, 0) is 0 Å². The predicted molar refractivity (Wildman–Crippen MR) is 80.9 cm³/mol. The van der Waals surface area contributed by atoms with Crippen LogP contribution >= 0.6 is 0 Å². The van der Waals surface area contributed by atoms with Crippen molar-refractivity contribution in [3.05, 3.63) is 64.6 Å². The topological polar surface area (TPSA) is 81.4 Å². The molecule has 6 nitrogen and oxygen atoms in total. The molecule has 0 saturated heterocycles. The molecule has 0 aliphatic heterocycles. The van der Waals surface area contributed by atoms with Crippen LogP contribution < -0.4 is 10.2 Å². The molecule has 22 heavy (non-hydrogen) atoms. The monoisotopic (exact) mass is 296 g/mol. The minimum absolute atomic E-state index is 0.262. The van der Waals surface area contributed by atoms with E-state index in [-0.39, 0.29) is 10.9 Å². The third kappa shape index (κ3) is 2.20. The van der Waals surface area contributed by atoms with Crippen LogP contribution in [0.5, 0.6) is 5.75 Å². The Kier molecular flexibility index (Phi) is 3.34. The van der Waals surface area contributed by atoms with Crippen molar-refractivity contribution in [2.45, 2.75) is 0 Å². The van der Waals surface area contributed by atoms with Gasteiger partial charge in [-0.15, -0.1) is 0 Å². The van der Waals surface area contributed by atoms with Crippen LogP contribution in [0.1, 0.15) is 10.4 Å². The number of carboxylic acid groups (broad SMARTS) is 1. The van der Waals surface area contributed by atoms with Gasteiger partial charge >= 0.3 is 5.97 Å². The fourth-order valence-electron chi connectivity index (χ4n) is 2.25. The van der Waals surface area contributed by atoms with Gasteiger partial charge in [0.2, 0.25) is 5.43 Å². The summed E-state index contributed by atoms with van der Waals surface area (Å²) in [5, 5.41) is 9.49. The Morgan fingerprint density at radius 3 is 2.59 bits per heavy atom. The highest BCUT2D eigenvalue weighted by atomic mass is 16.5. The van der Waals surface area contributed by atoms with Crippen molar-refractivity contribution in [3.8, 4) is 11.4 Å². The van der Waals surface area contributed by atoms with Gasteiger partial charge in [0.25, 0.3) is 0 Å². The molecule has 0 saturated carbocycles. The number of hydrogen-bond acceptors (Lipinski definition) is 4. The van der Waals surface area contributed by atoms with E-state index in [0.29, 0.717) is 17.1 Å². The first-order chi connectivity index (χ1) is 10.6. The van der Waals surface area contributed by atoms with Gasteiger partial charge in [-0.05, 0) is 36.4 Å². The number of fused-ring (bicyclic) bond motifs is 1. The van der Waals surface area contributed by atoms with Crippen LogP contribution in [0.4, 0.5) is 0 Å². The molecule has 0 bridgehead atoms. The second-order valence-electron chi connectivity index (χ2n) is 4.62. The fourth-order valence-corrected chi connectivity index (χ4v) is 2.25. The lowest BCUT2D eigenvalue weighted by Crippen LogP contribution is -2.18. The van der Waals surface area contributed by atoms with Crippen molar-refractivity contribution in [1.82, 2.24) is 9.55 Å². The molecule has 3 rings (SSSR count). The van der Waals surface area contributed by atoms with E-state index in [1.54, 1.807) is 54.3 Å². The molecule has 2 aromatic heterocycles. The van der Waals surface area contributed by atoms with Gasteiger partial charge < -0.3 is 14.4 Å². The molecule has 0 fully saturated rings. The zero-order valence-electron chi connectivity index (χ0n) is 11.7. The van der Waals surface area contributed by atoms with E-state index in [0.717, 1.165) is 0 Å². The van der Waals surface area contributed by atoms with Crippen molar-refractivity contribution in [2.24, 2.45) is 0 Å². The zero-order valence-corrected chi connectivity index (χ0v) is 11.7. The molecule has 6 heteroatoms. The minimum atomic E-state index is -1.27. The van der Waals surface area contributed by atoms with Crippen LogP contribution in [0.3, 0.4) is 0 Å². The van der Waals surface area contributed by atoms with Gasteiger partial charge in [0, 0.05) is 18.1 Å². The standard InChI is InChI=1S/C16H12N2O4/c1-22-11-6-4-10(5-7-11)18-9-13(16(20)21)14(19)12-3-2-8-17-15(12)18/h2-9H,1H3,(H,20,21). The molecule has 0 amide bonds. The van der Waals surface area contributed by atoms with E-state index in [2.05, 4.69) is 4.98 Å². The Bertz CT molecular complexity index is 914. The Morgan fingerprint density at radius 2 is 1.95 bits per heavy atom. The van der Waals surface area contributed by atoms with Gasteiger partial charge in [-0.2, -0.15) is 0 Å². The smallest absolute Gasteiger partial charge is 0.341 e. The number of carboxylic acids is 1. The molecule has 0 aliphatic carbocycles. The second-order valence-corrected chi connectivity index (χ2v) is 4.62. The number of methoxy groups -OCH3 is 1. The molecule has 0 radical (unpaired) electrons. The van der Waals surface area contributed by atoms with Crippen LogP contribution in [0.25, 0.3) is 16.7 Å². The van der Waals surface area contributed by atoms with E-state index in [1.807, 2.05) is 0 Å². The first-order valence-corrected chi connectivity index (χ1v) is 6.50. The number of benzene rings is 1. The molecule has 0 spiro atoms. The zero-order chi connectivity index (χ0) is 15.7. The van der Waals surface area contributed by atoms with E-state index >= 15 is 0 Å². The summed E-state index contributed by atoms with van der Waals surface area (Å²) in [6.07, 6.45) is 2.85. The normalized spacial score (nSPS) is 10.6. The predicted octanol–water partition coefficient (Wildman–Crippen LogP) is 2.09. The maximum atomic E-state index is 12.2. The van der Waals surface area contributed by atoms with Crippen molar-refractivity contribution >= 4 is 17.0 Å². The number of aromatic nitrogens is 2. The quantitative estimate of drug-likeness (QED) is 0.800. The number of ether oxygens (including phenoxy) is 1. The van der Waals surface area contributed by atoms with Gasteiger partial charge in [0.15, 0.2) is 0 Å². The van der Waals surface area contributed by atoms with Crippen LogP contribution in [0, 0.1) is 0 Å². The van der Waals surface area contributed by atoms with Gasteiger partial charge in [-0.1, -0.05) is 0 Å². The first-order valence-electron chi connectivity index (χ1n) is 6.50. The van der Waals surface area contributed by atoms with Crippen molar-refractivity contribution < 1.29 is 14.6 Å². The van der Waals surface area contributed by atoms with Crippen molar-refractivity contribution in [2.75, 3.05) is 7.11 Å². The summed E-state index contributed by atoms with van der Waals surface area (Å²) in [7, 11) is 1.56. The molecule has 0 atom stereocenters. The number of hydrogen-bond donors (Lipinski definition) is 1. The third-order valence-electron chi connectivity index (χ3n) is 3.34. The summed E-state index contributed by atoms with van der Waals surface area (Å²) in [6, 6.07) is 10.2. The molecular formula is C16H12N2O4. The van der Waals surface area contributed by atoms with Gasteiger partial charge in [-0.3, -0.25) is 4.79 Å². The van der Waals surface area contributed by atoms with Crippen molar-refractivity contribution in [3.63, 3.8) is 0 Å². The Morgan fingerprint density at radius 1 is 1.23 bits per heavy atom. The van der Waals surface area contributed by atoms with Crippen LogP contribution in [-0.4, -0.2) is 27.7 Å². The molecule has 2 heterocycles. The third-order valence-corrected chi connectivity index (χ3v) is 3.34. The maximum absolute atomic E-state index is 12.2. The lowest BCUT2D eigenvalue weighted by atomic mass is 10.2. The Labute approximate surface area is 125 Å². The summed E-state index contributed by atoms with van der Waals surface area (Å²) in [4.78, 5) is 27.7. The lowest BCUT2D eigenvalue weighted by Gasteiger charge is -2.11. The highest BCUT2D eigenvalue weighted by Gasteiger charge is 2.15. The van der Waals surface area contributed by atoms with Crippen molar-refractivity contribution in [1.29, 1.82) is 0 Å². The highest BCUT2D eigenvalue weighted by molar-refractivity contribution is 5.92. The summed E-state index contributed by atoms with van der Waals surface area (Å²) < 4.78 is 6.69. The van der Waals surface area contributed by atoms with Gasteiger partial charge in [-0.25, -0.2) is 9.78 Å². The van der Waals surface area contributed by atoms with Crippen LogP contribution in [0.2, 0.25) is 0 Å². The summed E-state index contributed by atoms with van der Waals surface area (Å²) >= 11 is 0. The SMILES string of the molecule is COc1ccc(-n2cc(C(=O)O)c(=O)c3cccnc32)cc1. The molecular weight excluding hydrogens is 284 g/mol. The maximum Gasteiger partial charge on any atom is 0.341 e. The Balaban J connectivity index is 2.34. The summed E-state index contributed by atoms with van der Waals surface area (Å²) in [5.74, 6) is -0.585. The fraction of sp³-hybridized carbons (Fsp3) is 0.0625. The highest BCUT2D eigenvalue weighted by Crippen LogP contribution is 2.19. The second kappa shape index (κ2) is 5.33. The van der Waals surface area contributed by atoms with Crippen LogP contribution in [0.15, 0.2) is 53.6 Å². The first kappa shape index (κ1) is 13.8. The average molecular weight is 296 g/mol. The summed E-state index contributed by atoms with van der Waals surface area (Å²) in [6.45, 7) is 0. The van der Waals surface area contributed by atoms with Gasteiger partial charge in [0.1, 0.15) is 17.0 Å². The molecule has 3 aromatic rings. The largest absolute Gasteiger partial charge is 0.497 e. The Hall–Kier alpha value is -3.15. The summed E-state index contributed by atoms with van der Waals surface area (Å²) in [5.41, 5.74) is 0.256. The van der Waals surface area contributed by atoms with E-state index in [4.69, 9.17) is 4.74 Å². The molecule has 0 aliphatic rings. The molecule has 1 aromatic carbocycles. The number of pyridine rings is 2. The average Bonchev–Trinajstić information content (AvgIpc) is 2.55. The van der Waals surface area contributed by atoms with Gasteiger partial charge in [0.05, 0.1) is 12.5 Å². The minimum Gasteiger partial charge on any atom is -0.497 e. The number of carbonyl (C=O) groups is 1. The molecule has 0 unspecified atom stereocenters. The molecule has 110 valence electrons. The van der Waals surface area contributed by atoms with E-state index in [1.165, 1.54) is 6.20 Å². The number of rotatable bonds is 3. The lowest BCUT2D eigenvalue weighted by molar-refractivity contribution is 0.0695. The number of nitrogens with zero attached hydrogens (tertiary/aromatic N) is 2. The number of aromatic carboxylic acids is 1. The molecule has 1 N–H and O–H groups in total. The van der Waals surface area contributed by atoms with E-state index in [9.17, 15) is 14.7 Å².